The summed E-state index contributed by atoms with van der Waals surface area (Å²) < 4.78 is 26.3. The van der Waals surface area contributed by atoms with Crippen LogP contribution in [0, 0.1) is 6.92 Å². The highest BCUT2D eigenvalue weighted by atomic mass is 32.2. The Bertz CT molecular complexity index is 524. The van der Waals surface area contributed by atoms with Gasteiger partial charge in [0, 0.05) is 7.05 Å². The van der Waals surface area contributed by atoms with Gasteiger partial charge >= 0.3 is 0 Å². The third-order valence-electron chi connectivity index (χ3n) is 3.86. The van der Waals surface area contributed by atoms with Crippen LogP contribution in [-0.2, 0) is 10.0 Å². The summed E-state index contributed by atoms with van der Waals surface area (Å²) in [5, 5.41) is 9.99. The molecule has 0 spiro atoms. The topological polar surface area (TPSA) is 57.6 Å². The van der Waals surface area contributed by atoms with Gasteiger partial charge in [-0.3, -0.25) is 0 Å². The maximum absolute atomic E-state index is 12.5. The number of nitrogens with zero attached hydrogens (tertiary/aromatic N) is 1. The number of likely N-dealkylation sites (N-methyl/N-ethyl adjacent to an activating group) is 1. The van der Waals surface area contributed by atoms with Gasteiger partial charge in [-0.05, 0) is 31.9 Å². The molecule has 0 bridgehead atoms. The van der Waals surface area contributed by atoms with E-state index in [2.05, 4.69) is 0 Å². The minimum Gasteiger partial charge on any atom is -0.391 e. The van der Waals surface area contributed by atoms with Gasteiger partial charge in [0.25, 0.3) is 0 Å². The molecule has 5 heteroatoms. The fourth-order valence-corrected chi connectivity index (χ4v) is 3.99. The predicted octanol–water partition coefficient (Wildman–Crippen LogP) is 1.92. The van der Waals surface area contributed by atoms with Gasteiger partial charge in [0.05, 0.1) is 17.0 Å². The molecular formula is C14H21NO3S. The highest BCUT2D eigenvalue weighted by molar-refractivity contribution is 7.89. The third kappa shape index (κ3) is 2.99. The lowest BCUT2D eigenvalue weighted by molar-refractivity contribution is 0.0638. The Kier molecular flexibility index (Phi) is 4.28. The summed E-state index contributed by atoms with van der Waals surface area (Å²) in [5.74, 6) is 0. The summed E-state index contributed by atoms with van der Waals surface area (Å²) in [5.41, 5.74) is 1.03. The van der Waals surface area contributed by atoms with Crippen LogP contribution in [0.4, 0.5) is 0 Å². The zero-order valence-corrected chi connectivity index (χ0v) is 12.2. The van der Waals surface area contributed by atoms with Crippen molar-refractivity contribution in [1.29, 1.82) is 0 Å². The first kappa shape index (κ1) is 14.5. The van der Waals surface area contributed by atoms with Crippen molar-refractivity contribution in [3.8, 4) is 0 Å². The van der Waals surface area contributed by atoms with E-state index < -0.39 is 16.1 Å². The monoisotopic (exact) mass is 283 g/mol. The Hall–Kier alpha value is -0.910. The average molecular weight is 283 g/mol. The molecule has 4 nitrogen and oxygen atoms in total. The van der Waals surface area contributed by atoms with Crippen LogP contribution in [0.1, 0.15) is 31.2 Å². The first-order valence-corrected chi connectivity index (χ1v) is 8.09. The van der Waals surface area contributed by atoms with Crippen LogP contribution in [0.2, 0.25) is 0 Å². The van der Waals surface area contributed by atoms with Crippen LogP contribution in [0.25, 0.3) is 0 Å². The van der Waals surface area contributed by atoms with E-state index in [0.29, 0.717) is 11.3 Å². The van der Waals surface area contributed by atoms with Crippen molar-refractivity contribution in [2.45, 2.75) is 49.6 Å². The second-order valence-electron chi connectivity index (χ2n) is 5.25. The average Bonchev–Trinajstić information content (AvgIpc) is 2.39. The SMILES string of the molecule is Cc1ccc(S(=O)(=O)N(C)[C@@H]2CCCC[C@H]2O)cc1. The number of sulfonamides is 1. The lowest BCUT2D eigenvalue weighted by atomic mass is 9.93. The molecule has 1 saturated carbocycles. The van der Waals surface area contributed by atoms with Crippen molar-refractivity contribution in [1.82, 2.24) is 4.31 Å². The predicted molar refractivity (Wildman–Crippen MR) is 74.4 cm³/mol. The molecule has 1 aromatic rings. The van der Waals surface area contributed by atoms with Gasteiger partial charge < -0.3 is 5.11 Å². The molecule has 0 unspecified atom stereocenters. The highest BCUT2D eigenvalue weighted by Crippen LogP contribution is 2.26. The number of aliphatic hydroxyl groups is 1. The second kappa shape index (κ2) is 5.61. The van der Waals surface area contributed by atoms with Gasteiger partial charge in [0.1, 0.15) is 0 Å². The quantitative estimate of drug-likeness (QED) is 0.922. The summed E-state index contributed by atoms with van der Waals surface area (Å²) in [4.78, 5) is 0.290. The summed E-state index contributed by atoms with van der Waals surface area (Å²) >= 11 is 0. The first-order valence-electron chi connectivity index (χ1n) is 6.65. The van der Waals surface area contributed by atoms with Gasteiger partial charge in [-0.25, -0.2) is 8.42 Å². The number of hydrogen-bond acceptors (Lipinski definition) is 3. The Morgan fingerprint density at radius 2 is 1.74 bits per heavy atom. The molecular weight excluding hydrogens is 262 g/mol. The Balaban J connectivity index is 2.25. The molecule has 2 atom stereocenters. The number of benzene rings is 1. The molecule has 1 aliphatic rings. The van der Waals surface area contributed by atoms with Crippen molar-refractivity contribution in [2.75, 3.05) is 7.05 Å². The van der Waals surface area contributed by atoms with Crippen LogP contribution in [0.15, 0.2) is 29.2 Å². The molecule has 0 amide bonds. The van der Waals surface area contributed by atoms with Gasteiger partial charge in [0.2, 0.25) is 10.0 Å². The zero-order chi connectivity index (χ0) is 14.0. The molecule has 2 rings (SSSR count). The molecule has 1 aromatic carbocycles. The highest BCUT2D eigenvalue weighted by Gasteiger charge is 2.34. The fraction of sp³-hybridized carbons (Fsp3) is 0.571. The minimum absolute atomic E-state index is 0.290. The second-order valence-corrected chi connectivity index (χ2v) is 7.25. The van der Waals surface area contributed by atoms with Crippen LogP contribution < -0.4 is 0 Å². The lowest BCUT2D eigenvalue weighted by Gasteiger charge is -2.34. The number of aliphatic hydroxyl groups excluding tert-OH is 1. The van der Waals surface area contributed by atoms with Gasteiger partial charge in [0.15, 0.2) is 0 Å². The van der Waals surface area contributed by atoms with E-state index in [1.807, 2.05) is 6.92 Å². The molecule has 0 aliphatic heterocycles. The molecule has 0 saturated heterocycles. The van der Waals surface area contributed by atoms with E-state index in [1.54, 1.807) is 31.3 Å². The summed E-state index contributed by atoms with van der Waals surface area (Å²) in [6, 6.07) is 6.52. The Morgan fingerprint density at radius 1 is 1.16 bits per heavy atom. The molecule has 1 N–H and O–H groups in total. The summed E-state index contributed by atoms with van der Waals surface area (Å²) in [7, 11) is -1.95. The number of rotatable bonds is 3. The number of hydrogen-bond donors (Lipinski definition) is 1. The maximum Gasteiger partial charge on any atom is 0.243 e. The Morgan fingerprint density at radius 3 is 2.32 bits per heavy atom. The van der Waals surface area contributed by atoms with Crippen molar-refractivity contribution < 1.29 is 13.5 Å². The van der Waals surface area contributed by atoms with Crippen LogP contribution in [0.3, 0.4) is 0 Å². The normalized spacial score (nSPS) is 24.6. The van der Waals surface area contributed by atoms with E-state index >= 15 is 0 Å². The smallest absolute Gasteiger partial charge is 0.243 e. The van der Waals surface area contributed by atoms with E-state index in [1.165, 1.54) is 4.31 Å². The first-order chi connectivity index (χ1) is 8.93. The van der Waals surface area contributed by atoms with Crippen LogP contribution in [-0.4, -0.2) is 37.0 Å². The fourth-order valence-electron chi connectivity index (χ4n) is 2.57. The molecule has 1 aliphatic carbocycles. The Labute approximate surface area is 115 Å². The van der Waals surface area contributed by atoms with Gasteiger partial charge in [-0.2, -0.15) is 4.31 Å². The van der Waals surface area contributed by atoms with E-state index in [-0.39, 0.29) is 6.04 Å². The summed E-state index contributed by atoms with van der Waals surface area (Å²) in [6.07, 6.45) is 2.78. The van der Waals surface area contributed by atoms with Crippen LogP contribution in [0.5, 0.6) is 0 Å². The lowest BCUT2D eigenvalue weighted by Crippen LogP contribution is -2.46. The molecule has 0 heterocycles. The third-order valence-corrected chi connectivity index (χ3v) is 5.76. The van der Waals surface area contributed by atoms with E-state index in [0.717, 1.165) is 24.8 Å². The minimum atomic E-state index is -3.51. The van der Waals surface area contributed by atoms with E-state index in [9.17, 15) is 13.5 Å². The van der Waals surface area contributed by atoms with Crippen molar-refractivity contribution >= 4 is 10.0 Å². The standard InChI is InChI=1S/C14H21NO3S/c1-11-7-9-12(10-8-11)19(17,18)15(2)13-5-3-4-6-14(13)16/h7-10,13-14,16H,3-6H2,1-2H3/t13-,14-/m1/s1. The van der Waals surface area contributed by atoms with Crippen molar-refractivity contribution in [2.24, 2.45) is 0 Å². The van der Waals surface area contributed by atoms with E-state index in [4.69, 9.17) is 0 Å². The largest absolute Gasteiger partial charge is 0.391 e. The van der Waals surface area contributed by atoms with Crippen LogP contribution >= 0.6 is 0 Å². The van der Waals surface area contributed by atoms with Crippen molar-refractivity contribution in [3.05, 3.63) is 29.8 Å². The molecule has 19 heavy (non-hydrogen) atoms. The molecule has 1 fully saturated rings. The maximum atomic E-state index is 12.5. The molecule has 0 aromatic heterocycles. The molecule has 106 valence electrons. The van der Waals surface area contributed by atoms with Gasteiger partial charge in [-0.1, -0.05) is 30.5 Å². The number of aryl methyl sites for hydroxylation is 1. The zero-order valence-electron chi connectivity index (χ0n) is 11.4. The van der Waals surface area contributed by atoms with Gasteiger partial charge in [-0.15, -0.1) is 0 Å². The summed E-state index contributed by atoms with van der Waals surface area (Å²) in [6.45, 7) is 1.92. The molecule has 0 radical (unpaired) electrons. The van der Waals surface area contributed by atoms with Crippen molar-refractivity contribution in [3.63, 3.8) is 0 Å².